The van der Waals surface area contributed by atoms with E-state index in [-0.39, 0.29) is 17.4 Å². The first-order valence-electron chi connectivity index (χ1n) is 9.87. The molecule has 2 heterocycles. The number of carbonyl (C=O) groups is 2. The van der Waals surface area contributed by atoms with Crippen molar-refractivity contribution in [1.82, 2.24) is 9.80 Å². The van der Waals surface area contributed by atoms with Gasteiger partial charge < -0.3 is 15.5 Å². The number of nitrogens with zero attached hydrogens (tertiary/aromatic N) is 2. The van der Waals surface area contributed by atoms with Crippen molar-refractivity contribution in [3.05, 3.63) is 0 Å². The summed E-state index contributed by atoms with van der Waals surface area (Å²) in [7, 11) is 0. The molecule has 1 unspecified atom stereocenters. The molecule has 2 aliphatic heterocycles. The fourth-order valence-electron chi connectivity index (χ4n) is 4.26. The molecule has 2 rings (SSSR count). The smallest absolute Gasteiger partial charge is 0.314 e. The molecule has 0 aromatic rings. The van der Waals surface area contributed by atoms with Crippen LogP contribution in [0.15, 0.2) is 0 Å². The molecule has 2 fully saturated rings. The predicted octanol–water partition coefficient (Wildman–Crippen LogP) is 3.35. The summed E-state index contributed by atoms with van der Waals surface area (Å²) in [6, 6.07) is -0.356. The summed E-state index contributed by atoms with van der Waals surface area (Å²) in [5.74, 6) is 1.04. The number of urea groups is 1. The first-order chi connectivity index (χ1) is 11.9. The Bertz CT molecular complexity index is 498. The van der Waals surface area contributed by atoms with E-state index in [2.05, 4.69) is 13.8 Å². The van der Waals surface area contributed by atoms with E-state index in [1.54, 1.807) is 9.80 Å². The Morgan fingerprint density at radius 1 is 1.28 bits per heavy atom. The van der Waals surface area contributed by atoms with Crippen LogP contribution in [0.3, 0.4) is 0 Å². The molecule has 2 aliphatic rings. The van der Waals surface area contributed by atoms with Crippen LogP contribution >= 0.6 is 0 Å². The zero-order valence-electron chi connectivity index (χ0n) is 15.9. The number of unbranched alkanes of at least 4 members (excludes halogenated alkanes) is 2. The molecule has 0 aromatic heterocycles. The number of primary amides is 1. The van der Waals surface area contributed by atoms with Crippen molar-refractivity contribution in [3.8, 4) is 0 Å². The summed E-state index contributed by atoms with van der Waals surface area (Å²) in [4.78, 5) is 27.8. The van der Waals surface area contributed by atoms with Crippen LogP contribution in [0, 0.1) is 16.7 Å². The maximum absolute atomic E-state index is 13.1. The summed E-state index contributed by atoms with van der Waals surface area (Å²) in [6.07, 6.45) is 8.45. The number of nitrogens with one attached hydrogen (secondary N) is 1. The molecule has 0 spiro atoms. The molecular formula is C19H34N4O2. The molecule has 0 aromatic carbocycles. The second-order valence-electron chi connectivity index (χ2n) is 7.80. The number of hydrogen-bond donors (Lipinski definition) is 2. The second-order valence-corrected chi connectivity index (χ2v) is 7.80. The van der Waals surface area contributed by atoms with Gasteiger partial charge in [-0.2, -0.15) is 0 Å². The molecule has 1 atom stereocenters. The number of nitrogens with two attached hydrogens (primary N) is 1. The zero-order valence-corrected chi connectivity index (χ0v) is 15.9. The lowest BCUT2D eigenvalue weighted by atomic mass is 9.77. The monoisotopic (exact) mass is 350 g/mol. The highest BCUT2D eigenvalue weighted by molar-refractivity contribution is 6.07. The third kappa shape index (κ3) is 4.53. The molecule has 6 heteroatoms. The topological polar surface area (TPSA) is 90.5 Å². The molecule has 2 saturated heterocycles. The number of amidine groups is 1. The minimum atomic E-state index is -0.356. The van der Waals surface area contributed by atoms with Crippen LogP contribution in [0.25, 0.3) is 0 Å². The van der Waals surface area contributed by atoms with Crippen molar-refractivity contribution in [1.29, 1.82) is 5.41 Å². The van der Waals surface area contributed by atoms with Crippen LogP contribution in [0.2, 0.25) is 0 Å². The number of rotatable bonds is 9. The molecule has 25 heavy (non-hydrogen) atoms. The minimum Gasteiger partial charge on any atom is -0.351 e. The highest BCUT2D eigenvalue weighted by Crippen LogP contribution is 2.42. The first-order valence-corrected chi connectivity index (χ1v) is 9.87. The Hall–Kier alpha value is -1.59. The molecule has 0 saturated carbocycles. The molecule has 0 aliphatic carbocycles. The van der Waals surface area contributed by atoms with Crippen molar-refractivity contribution in [2.75, 3.05) is 19.6 Å². The van der Waals surface area contributed by atoms with Crippen molar-refractivity contribution in [2.45, 2.75) is 71.6 Å². The Morgan fingerprint density at radius 3 is 2.44 bits per heavy atom. The van der Waals surface area contributed by atoms with E-state index in [0.29, 0.717) is 37.8 Å². The first kappa shape index (κ1) is 19.7. The SMILES string of the molecule is CCCCC1(CCCC)CC(=N)N(CCC2CCN(C(N)=O)C2)C1=O. The van der Waals surface area contributed by atoms with Gasteiger partial charge in [-0.25, -0.2) is 4.79 Å². The Morgan fingerprint density at radius 2 is 1.92 bits per heavy atom. The number of amides is 3. The summed E-state index contributed by atoms with van der Waals surface area (Å²) in [5.41, 5.74) is 5.00. The van der Waals surface area contributed by atoms with Gasteiger partial charge in [-0.3, -0.25) is 10.2 Å². The van der Waals surface area contributed by atoms with Gasteiger partial charge >= 0.3 is 6.03 Å². The van der Waals surface area contributed by atoms with Gasteiger partial charge in [0, 0.05) is 26.1 Å². The third-order valence-electron chi connectivity index (χ3n) is 5.91. The molecule has 6 nitrogen and oxygen atoms in total. The molecule has 0 bridgehead atoms. The summed E-state index contributed by atoms with van der Waals surface area (Å²) in [5, 5.41) is 8.37. The lowest BCUT2D eigenvalue weighted by Gasteiger charge is -2.27. The van der Waals surface area contributed by atoms with Crippen molar-refractivity contribution in [2.24, 2.45) is 17.1 Å². The lowest BCUT2D eigenvalue weighted by molar-refractivity contribution is -0.135. The number of carbonyl (C=O) groups excluding carboxylic acids is 2. The normalized spacial score (nSPS) is 22.9. The van der Waals surface area contributed by atoms with E-state index in [0.717, 1.165) is 51.4 Å². The van der Waals surface area contributed by atoms with Gasteiger partial charge in [-0.1, -0.05) is 39.5 Å². The van der Waals surface area contributed by atoms with Gasteiger partial charge in [0.1, 0.15) is 5.84 Å². The van der Waals surface area contributed by atoms with E-state index in [1.165, 1.54) is 0 Å². The third-order valence-corrected chi connectivity index (χ3v) is 5.91. The Labute approximate surface area is 151 Å². The van der Waals surface area contributed by atoms with Gasteiger partial charge in [-0.05, 0) is 31.6 Å². The van der Waals surface area contributed by atoms with E-state index >= 15 is 0 Å². The maximum Gasteiger partial charge on any atom is 0.314 e. The van der Waals surface area contributed by atoms with Gasteiger partial charge in [0.25, 0.3) is 0 Å². The highest BCUT2D eigenvalue weighted by atomic mass is 16.2. The zero-order chi connectivity index (χ0) is 18.4. The van der Waals surface area contributed by atoms with E-state index < -0.39 is 0 Å². The van der Waals surface area contributed by atoms with Crippen LogP contribution in [0.5, 0.6) is 0 Å². The highest BCUT2D eigenvalue weighted by Gasteiger charge is 2.48. The predicted molar refractivity (Wildman–Crippen MR) is 99.4 cm³/mol. The van der Waals surface area contributed by atoms with E-state index in [9.17, 15) is 9.59 Å². The lowest BCUT2D eigenvalue weighted by Crippen LogP contribution is -2.37. The standard InChI is InChI=1S/C19H34N4O2/c1-3-5-9-19(10-6-4-2)13-16(20)23(17(19)24)12-8-15-7-11-22(14-15)18(21)25/h15,20H,3-14H2,1-2H3,(H2,21,25). The van der Waals surface area contributed by atoms with E-state index in [4.69, 9.17) is 11.1 Å². The van der Waals surface area contributed by atoms with Gasteiger partial charge in [0.2, 0.25) is 5.91 Å². The Kier molecular flexibility index (Phi) is 6.85. The fraction of sp³-hybridized carbons (Fsp3) is 0.842. The van der Waals surface area contributed by atoms with Crippen LogP contribution in [0.1, 0.15) is 71.6 Å². The van der Waals surface area contributed by atoms with Crippen LogP contribution in [-0.2, 0) is 4.79 Å². The van der Waals surface area contributed by atoms with Crippen LogP contribution in [0.4, 0.5) is 4.79 Å². The molecular weight excluding hydrogens is 316 g/mol. The van der Waals surface area contributed by atoms with Gasteiger partial charge in [-0.15, -0.1) is 0 Å². The number of likely N-dealkylation sites (tertiary alicyclic amines) is 2. The second kappa shape index (κ2) is 8.68. The van der Waals surface area contributed by atoms with Crippen LogP contribution < -0.4 is 5.73 Å². The quantitative estimate of drug-likeness (QED) is 0.667. The average molecular weight is 351 g/mol. The molecule has 3 amide bonds. The van der Waals surface area contributed by atoms with Crippen LogP contribution in [-0.4, -0.2) is 47.2 Å². The maximum atomic E-state index is 13.1. The average Bonchev–Trinajstić information content (AvgIpc) is 3.14. The fourth-order valence-corrected chi connectivity index (χ4v) is 4.26. The molecule has 0 radical (unpaired) electrons. The molecule has 3 N–H and O–H groups in total. The Balaban J connectivity index is 1.95. The van der Waals surface area contributed by atoms with Gasteiger partial charge in [0.05, 0.1) is 5.41 Å². The minimum absolute atomic E-state index is 0.171. The van der Waals surface area contributed by atoms with Gasteiger partial charge in [0.15, 0.2) is 0 Å². The van der Waals surface area contributed by atoms with E-state index in [1.807, 2.05) is 0 Å². The van der Waals surface area contributed by atoms with Crippen molar-refractivity contribution in [3.63, 3.8) is 0 Å². The summed E-state index contributed by atoms with van der Waals surface area (Å²) in [6.45, 7) is 6.31. The van der Waals surface area contributed by atoms with Crippen molar-refractivity contribution >= 4 is 17.8 Å². The van der Waals surface area contributed by atoms with Crippen molar-refractivity contribution < 1.29 is 9.59 Å². The molecule has 142 valence electrons. The number of hydrogen-bond acceptors (Lipinski definition) is 3. The summed E-state index contributed by atoms with van der Waals surface area (Å²) < 4.78 is 0. The summed E-state index contributed by atoms with van der Waals surface area (Å²) >= 11 is 0. The largest absolute Gasteiger partial charge is 0.351 e.